The number of aryl methyl sites for hydroxylation is 1. The van der Waals surface area contributed by atoms with E-state index in [-0.39, 0.29) is 12.0 Å². The highest BCUT2D eigenvalue weighted by Gasteiger charge is 2.93. The number of halogens is 15. The zero-order valence-corrected chi connectivity index (χ0v) is 17.8. The number of hydrogen-bond donors (Lipinski definition) is 0. The highest BCUT2D eigenvalue weighted by molar-refractivity contribution is 5.29. The SMILES string of the molecule is CCc1cccc(C(C)(CC(F)(F)C(F)(F)C(F)(F)C(F)(F)C(F)(F)C(F)(F)C(F)(F)F)OC)c1. The molecule has 0 radical (unpaired) electrons. The summed E-state index contributed by atoms with van der Waals surface area (Å²) in [6.07, 6.45) is -9.98. The van der Waals surface area contributed by atoms with E-state index in [1.165, 1.54) is 12.1 Å². The first-order chi connectivity index (χ1) is 15.3. The Hall–Kier alpha value is -1.87. The summed E-state index contributed by atoms with van der Waals surface area (Å²) in [5, 5.41) is 0. The molecule has 1 aromatic carbocycles. The maximum atomic E-state index is 14.4. The largest absolute Gasteiger partial charge is 0.460 e. The summed E-state index contributed by atoms with van der Waals surface area (Å²) in [7, 11) is 0.623. The van der Waals surface area contributed by atoms with Crippen molar-refractivity contribution < 1.29 is 70.6 Å². The Labute approximate surface area is 188 Å². The smallest absolute Gasteiger partial charge is 0.374 e. The van der Waals surface area contributed by atoms with Crippen LogP contribution in [-0.4, -0.2) is 48.8 Å². The summed E-state index contributed by atoms with van der Waals surface area (Å²) in [4.78, 5) is 0. The molecule has 0 fully saturated rings. The fourth-order valence-electron chi connectivity index (χ4n) is 2.95. The Morgan fingerprint density at radius 3 is 1.49 bits per heavy atom. The Balaban J connectivity index is 3.60. The van der Waals surface area contributed by atoms with Crippen molar-refractivity contribution in [1.29, 1.82) is 0 Å². The second-order valence-corrected chi connectivity index (χ2v) is 7.74. The van der Waals surface area contributed by atoms with E-state index in [1.807, 2.05) is 0 Å². The van der Waals surface area contributed by atoms with Crippen LogP contribution in [0, 0.1) is 0 Å². The van der Waals surface area contributed by atoms with Gasteiger partial charge in [0.1, 0.15) is 0 Å². The molecule has 204 valence electrons. The fourth-order valence-corrected chi connectivity index (χ4v) is 2.95. The van der Waals surface area contributed by atoms with Crippen molar-refractivity contribution in [2.24, 2.45) is 0 Å². The molecule has 0 amide bonds. The van der Waals surface area contributed by atoms with Crippen LogP contribution in [0.1, 0.15) is 31.4 Å². The first kappa shape index (κ1) is 31.2. The molecule has 0 bridgehead atoms. The normalized spacial score (nSPS) is 16.9. The molecule has 0 heterocycles. The minimum absolute atomic E-state index is 0.243. The van der Waals surface area contributed by atoms with E-state index in [0.717, 1.165) is 12.1 Å². The molecule has 1 nitrogen and oxygen atoms in total. The van der Waals surface area contributed by atoms with E-state index in [1.54, 1.807) is 6.92 Å². The predicted octanol–water partition coefficient (Wildman–Crippen LogP) is 7.87. The first-order valence-corrected chi connectivity index (χ1v) is 9.29. The number of hydrogen-bond acceptors (Lipinski definition) is 1. The summed E-state index contributed by atoms with van der Waals surface area (Å²) in [5.41, 5.74) is -2.66. The lowest BCUT2D eigenvalue weighted by Crippen LogP contribution is -2.72. The van der Waals surface area contributed by atoms with Gasteiger partial charge in [0.15, 0.2) is 0 Å². The average Bonchev–Trinajstić information content (AvgIpc) is 2.71. The molecule has 0 spiro atoms. The lowest BCUT2D eigenvalue weighted by atomic mass is 9.83. The molecule has 0 N–H and O–H groups in total. The van der Waals surface area contributed by atoms with Crippen molar-refractivity contribution in [1.82, 2.24) is 0 Å². The van der Waals surface area contributed by atoms with Crippen molar-refractivity contribution in [3.63, 3.8) is 0 Å². The van der Waals surface area contributed by atoms with E-state index in [0.29, 0.717) is 19.6 Å². The van der Waals surface area contributed by atoms with Crippen molar-refractivity contribution in [2.45, 2.75) is 74.0 Å². The number of benzene rings is 1. The van der Waals surface area contributed by atoms with Crippen LogP contribution in [0.3, 0.4) is 0 Å². The van der Waals surface area contributed by atoms with Crippen molar-refractivity contribution in [3.8, 4) is 0 Å². The predicted molar refractivity (Wildman–Crippen MR) is 90.5 cm³/mol. The van der Waals surface area contributed by atoms with Gasteiger partial charge in [0.25, 0.3) is 0 Å². The summed E-state index contributed by atoms with van der Waals surface area (Å²) in [6, 6.07) is 4.69. The monoisotopic (exact) mass is 546 g/mol. The Morgan fingerprint density at radius 1 is 0.657 bits per heavy atom. The van der Waals surface area contributed by atoms with E-state index in [4.69, 9.17) is 0 Å². The molecule has 1 atom stereocenters. The standard InChI is InChI=1S/C19H17F15O/c1-4-10-6-5-7-11(8-10)12(2,35-3)9-13(20,21)14(22,23)15(24,25)16(26,27)17(28,29)18(30,31)19(32,33)34/h5-8H,4,9H2,1-3H3. The summed E-state index contributed by atoms with van der Waals surface area (Å²) >= 11 is 0. The molecule has 0 saturated heterocycles. The van der Waals surface area contributed by atoms with Crippen LogP contribution in [0.15, 0.2) is 24.3 Å². The third-order valence-corrected chi connectivity index (χ3v) is 5.35. The quantitative estimate of drug-likeness (QED) is 0.272. The van der Waals surface area contributed by atoms with Crippen molar-refractivity contribution in [3.05, 3.63) is 35.4 Å². The highest BCUT2D eigenvalue weighted by atomic mass is 19.4. The second-order valence-electron chi connectivity index (χ2n) is 7.74. The van der Waals surface area contributed by atoms with Gasteiger partial charge in [-0.3, -0.25) is 0 Å². The van der Waals surface area contributed by atoms with E-state index >= 15 is 0 Å². The number of alkyl halides is 15. The van der Waals surface area contributed by atoms with Gasteiger partial charge < -0.3 is 4.74 Å². The minimum atomic E-state index is -8.31. The molecule has 1 rings (SSSR count). The first-order valence-electron chi connectivity index (χ1n) is 9.29. The third kappa shape index (κ3) is 4.66. The summed E-state index contributed by atoms with van der Waals surface area (Å²) in [5.74, 6) is -46.7. The number of ether oxygens (including phenoxy) is 1. The van der Waals surface area contributed by atoms with Crippen molar-refractivity contribution in [2.75, 3.05) is 7.11 Å². The molecular weight excluding hydrogens is 529 g/mol. The van der Waals surface area contributed by atoms with Crippen molar-refractivity contribution >= 4 is 0 Å². The molecule has 0 saturated carbocycles. The zero-order valence-electron chi connectivity index (χ0n) is 17.8. The number of rotatable bonds is 10. The zero-order chi connectivity index (χ0) is 28.1. The van der Waals surface area contributed by atoms with Gasteiger partial charge in [0, 0.05) is 7.11 Å². The van der Waals surface area contributed by atoms with Crippen LogP contribution in [-0.2, 0) is 16.8 Å². The van der Waals surface area contributed by atoms with Crippen LogP contribution < -0.4 is 0 Å². The molecular formula is C19H17F15O. The third-order valence-electron chi connectivity index (χ3n) is 5.35. The second kappa shape index (κ2) is 8.91. The fraction of sp³-hybridized carbons (Fsp3) is 0.684. The lowest BCUT2D eigenvalue weighted by Gasteiger charge is -2.43. The Kier molecular flexibility index (Phi) is 7.93. The molecule has 1 aromatic rings. The minimum Gasteiger partial charge on any atom is -0.374 e. The van der Waals surface area contributed by atoms with Crippen LogP contribution >= 0.6 is 0 Å². The maximum absolute atomic E-state index is 14.4. The lowest BCUT2D eigenvalue weighted by molar-refractivity contribution is -0.453. The molecule has 0 aliphatic heterocycles. The van der Waals surface area contributed by atoms with Gasteiger partial charge in [0.2, 0.25) is 0 Å². The molecule has 1 unspecified atom stereocenters. The van der Waals surface area contributed by atoms with Gasteiger partial charge in [0.05, 0.1) is 12.0 Å². The van der Waals surface area contributed by atoms with E-state index in [2.05, 4.69) is 4.74 Å². The molecule has 0 aromatic heterocycles. The Bertz CT molecular complexity index is 890. The molecule has 35 heavy (non-hydrogen) atoms. The van der Waals surface area contributed by atoms with Crippen LogP contribution in [0.25, 0.3) is 0 Å². The van der Waals surface area contributed by atoms with Gasteiger partial charge in [-0.25, -0.2) is 0 Å². The van der Waals surface area contributed by atoms with Gasteiger partial charge in [-0.2, -0.15) is 65.9 Å². The van der Waals surface area contributed by atoms with Gasteiger partial charge in [-0.15, -0.1) is 0 Å². The van der Waals surface area contributed by atoms with E-state index < -0.39 is 53.7 Å². The summed E-state index contributed by atoms with van der Waals surface area (Å²) < 4.78 is 206. The van der Waals surface area contributed by atoms with Crippen LogP contribution in [0.4, 0.5) is 65.9 Å². The average molecular weight is 546 g/mol. The van der Waals surface area contributed by atoms with E-state index in [9.17, 15) is 65.9 Å². The molecule has 0 aliphatic carbocycles. The summed E-state index contributed by atoms with van der Waals surface area (Å²) in [6.45, 7) is 2.18. The van der Waals surface area contributed by atoms with Gasteiger partial charge in [-0.05, 0) is 24.5 Å². The van der Waals surface area contributed by atoms with Gasteiger partial charge in [-0.1, -0.05) is 31.2 Å². The van der Waals surface area contributed by atoms with Crippen LogP contribution in [0.2, 0.25) is 0 Å². The molecule has 0 aliphatic rings. The Morgan fingerprint density at radius 2 is 1.09 bits per heavy atom. The molecule has 16 heteroatoms. The van der Waals surface area contributed by atoms with Crippen LogP contribution in [0.5, 0.6) is 0 Å². The highest BCUT2D eigenvalue weighted by Crippen LogP contribution is 2.63. The number of methoxy groups -OCH3 is 1. The topological polar surface area (TPSA) is 9.23 Å². The maximum Gasteiger partial charge on any atom is 0.460 e. The van der Waals surface area contributed by atoms with Gasteiger partial charge >= 0.3 is 41.7 Å².